The smallest absolute Gasteiger partial charge is 0.317 e. The molecule has 1 atom stereocenters. The molecule has 2 N–H and O–H groups in total. The number of carbonyl (C=O) groups is 2. The van der Waals surface area contributed by atoms with E-state index in [2.05, 4.69) is 27.4 Å². The third-order valence-electron chi connectivity index (χ3n) is 6.94. The molecule has 0 radical (unpaired) electrons. The average Bonchev–Trinajstić information content (AvgIpc) is 3.62. The number of rotatable bonds is 6. The van der Waals surface area contributed by atoms with Crippen molar-refractivity contribution in [2.24, 2.45) is 5.92 Å². The van der Waals surface area contributed by atoms with Crippen LogP contribution in [0.1, 0.15) is 52.5 Å². The summed E-state index contributed by atoms with van der Waals surface area (Å²) >= 11 is 6.43. The predicted molar refractivity (Wildman–Crippen MR) is 135 cm³/mol. The third-order valence-corrected chi connectivity index (χ3v) is 7.15. The van der Waals surface area contributed by atoms with Crippen LogP contribution in [0.3, 0.4) is 0 Å². The minimum atomic E-state index is -0.202. The Labute approximate surface area is 206 Å². The lowest BCUT2D eigenvalue weighted by atomic mass is 10.0. The molecule has 1 saturated carbocycles. The summed E-state index contributed by atoms with van der Waals surface area (Å²) in [6.45, 7) is 11.7. The number of carbonyl (C=O) groups excluding carboxylic acids is 2. The first-order valence-corrected chi connectivity index (χ1v) is 12.4. The third kappa shape index (κ3) is 5.88. The number of halogens is 1. The Kier molecular flexibility index (Phi) is 7.43. The molecular formula is C26H34ClN5O2. The molecule has 34 heavy (non-hydrogen) atoms. The second-order valence-corrected chi connectivity index (χ2v) is 10.2. The number of piperazine rings is 1. The summed E-state index contributed by atoms with van der Waals surface area (Å²) in [7, 11) is 0. The summed E-state index contributed by atoms with van der Waals surface area (Å²) in [5.74, 6) is 0.471. The van der Waals surface area contributed by atoms with Crippen LogP contribution < -0.4 is 10.6 Å². The normalized spacial score (nSPS) is 18.6. The van der Waals surface area contributed by atoms with Crippen LogP contribution in [-0.2, 0) is 6.54 Å². The Bertz CT molecular complexity index is 1090. The molecular weight excluding hydrogens is 450 g/mol. The molecule has 2 heterocycles. The fraction of sp³-hybridized carbons (Fsp3) is 0.500. The fourth-order valence-electron chi connectivity index (χ4n) is 4.37. The lowest BCUT2D eigenvalue weighted by Crippen LogP contribution is -2.56. The van der Waals surface area contributed by atoms with E-state index in [1.54, 1.807) is 12.3 Å². The van der Waals surface area contributed by atoms with Crippen molar-refractivity contribution in [3.8, 4) is 0 Å². The average molecular weight is 484 g/mol. The maximum Gasteiger partial charge on any atom is 0.317 e. The van der Waals surface area contributed by atoms with E-state index in [4.69, 9.17) is 11.6 Å². The number of anilines is 1. The minimum Gasteiger partial charge on any atom is -0.338 e. The topological polar surface area (TPSA) is 77.6 Å². The van der Waals surface area contributed by atoms with E-state index in [1.807, 2.05) is 37.8 Å². The number of hydrogen-bond acceptors (Lipinski definition) is 4. The van der Waals surface area contributed by atoms with Gasteiger partial charge >= 0.3 is 6.03 Å². The lowest BCUT2D eigenvalue weighted by Gasteiger charge is -2.40. The van der Waals surface area contributed by atoms with Crippen LogP contribution in [-0.4, -0.2) is 58.9 Å². The SMILES string of the molecule is Cc1cc(C(=O)Nc2cc(Cl)cc(CN3CCN(C(=O)NCC4CC4)C(C)C3)c2C)cnc1C. The first-order valence-electron chi connectivity index (χ1n) is 12.0. The molecule has 2 aliphatic rings. The van der Waals surface area contributed by atoms with Gasteiger partial charge in [-0.3, -0.25) is 14.7 Å². The zero-order chi connectivity index (χ0) is 24.4. The number of nitrogens with one attached hydrogen (secondary N) is 2. The van der Waals surface area contributed by atoms with Gasteiger partial charge in [0, 0.05) is 61.4 Å². The monoisotopic (exact) mass is 483 g/mol. The zero-order valence-electron chi connectivity index (χ0n) is 20.4. The van der Waals surface area contributed by atoms with Crippen molar-refractivity contribution in [3.05, 3.63) is 57.4 Å². The van der Waals surface area contributed by atoms with Crippen LogP contribution in [0.15, 0.2) is 24.4 Å². The largest absolute Gasteiger partial charge is 0.338 e. The Morgan fingerprint density at radius 3 is 2.59 bits per heavy atom. The van der Waals surface area contributed by atoms with E-state index in [0.717, 1.165) is 42.0 Å². The van der Waals surface area contributed by atoms with Gasteiger partial charge in [0.2, 0.25) is 0 Å². The quantitative estimate of drug-likeness (QED) is 0.632. The Morgan fingerprint density at radius 2 is 1.91 bits per heavy atom. The van der Waals surface area contributed by atoms with Gasteiger partial charge in [0.25, 0.3) is 5.91 Å². The molecule has 2 fully saturated rings. The number of amides is 3. The molecule has 4 rings (SSSR count). The second kappa shape index (κ2) is 10.3. The van der Waals surface area contributed by atoms with Crippen LogP contribution >= 0.6 is 11.6 Å². The fourth-order valence-corrected chi connectivity index (χ4v) is 4.61. The van der Waals surface area contributed by atoms with E-state index in [9.17, 15) is 9.59 Å². The lowest BCUT2D eigenvalue weighted by molar-refractivity contribution is 0.0973. The van der Waals surface area contributed by atoms with Gasteiger partial charge < -0.3 is 15.5 Å². The van der Waals surface area contributed by atoms with Gasteiger partial charge in [-0.1, -0.05) is 11.6 Å². The van der Waals surface area contributed by atoms with Gasteiger partial charge in [-0.15, -0.1) is 0 Å². The zero-order valence-corrected chi connectivity index (χ0v) is 21.2. The standard InChI is InChI=1S/C26H34ClN5O2/c1-16-9-21(13-28-19(16)4)25(33)30-24-11-23(27)10-22(18(24)3)15-31-7-8-32(17(2)14-31)26(34)29-12-20-5-6-20/h9-11,13,17,20H,5-8,12,14-15H2,1-4H3,(H,29,34)(H,30,33). The molecule has 1 saturated heterocycles. The molecule has 7 nitrogen and oxygen atoms in total. The van der Waals surface area contributed by atoms with Crippen molar-refractivity contribution in [2.45, 2.75) is 53.1 Å². The summed E-state index contributed by atoms with van der Waals surface area (Å²) < 4.78 is 0. The summed E-state index contributed by atoms with van der Waals surface area (Å²) in [4.78, 5) is 34.0. The van der Waals surface area contributed by atoms with Crippen LogP contribution in [0.5, 0.6) is 0 Å². The number of nitrogens with zero attached hydrogens (tertiary/aromatic N) is 3. The Hall–Kier alpha value is -2.64. The number of hydrogen-bond donors (Lipinski definition) is 2. The van der Waals surface area contributed by atoms with E-state index in [0.29, 0.717) is 35.3 Å². The van der Waals surface area contributed by atoms with Gasteiger partial charge in [-0.05, 0) is 81.3 Å². The predicted octanol–water partition coefficient (Wildman–Crippen LogP) is 4.54. The maximum absolute atomic E-state index is 12.8. The highest BCUT2D eigenvalue weighted by atomic mass is 35.5. The van der Waals surface area contributed by atoms with E-state index < -0.39 is 0 Å². The Morgan fingerprint density at radius 1 is 1.15 bits per heavy atom. The first-order chi connectivity index (χ1) is 16.2. The number of pyridine rings is 1. The number of aryl methyl sites for hydroxylation is 2. The van der Waals surface area contributed by atoms with Gasteiger partial charge in [-0.2, -0.15) is 0 Å². The van der Waals surface area contributed by atoms with Crippen molar-refractivity contribution in [1.29, 1.82) is 0 Å². The van der Waals surface area contributed by atoms with Crippen molar-refractivity contribution in [3.63, 3.8) is 0 Å². The van der Waals surface area contributed by atoms with Gasteiger partial charge in [0.1, 0.15) is 0 Å². The number of benzene rings is 1. The minimum absolute atomic E-state index is 0.0452. The molecule has 1 aliphatic carbocycles. The first kappa shape index (κ1) is 24.5. The van der Waals surface area contributed by atoms with Crippen LogP contribution in [0.4, 0.5) is 10.5 Å². The van der Waals surface area contributed by atoms with E-state index in [1.165, 1.54) is 12.8 Å². The summed E-state index contributed by atoms with van der Waals surface area (Å²) in [5, 5.41) is 6.67. The molecule has 182 valence electrons. The summed E-state index contributed by atoms with van der Waals surface area (Å²) in [6.07, 6.45) is 4.05. The van der Waals surface area contributed by atoms with Gasteiger partial charge in [0.15, 0.2) is 0 Å². The molecule has 0 spiro atoms. The highest BCUT2D eigenvalue weighted by Crippen LogP contribution is 2.28. The summed E-state index contributed by atoms with van der Waals surface area (Å²) in [5.41, 5.74) is 5.18. The molecule has 1 aromatic heterocycles. The molecule has 3 amide bonds. The van der Waals surface area contributed by atoms with Gasteiger partial charge in [-0.25, -0.2) is 4.79 Å². The molecule has 2 aromatic rings. The molecule has 8 heteroatoms. The van der Waals surface area contributed by atoms with Crippen LogP contribution in [0.2, 0.25) is 5.02 Å². The van der Waals surface area contributed by atoms with Crippen molar-refractivity contribution >= 4 is 29.2 Å². The molecule has 0 bridgehead atoms. The highest BCUT2D eigenvalue weighted by molar-refractivity contribution is 6.31. The van der Waals surface area contributed by atoms with Gasteiger partial charge in [0.05, 0.1) is 5.56 Å². The maximum atomic E-state index is 12.8. The summed E-state index contributed by atoms with van der Waals surface area (Å²) in [6, 6.07) is 5.77. The van der Waals surface area contributed by atoms with Crippen molar-refractivity contribution in [1.82, 2.24) is 20.1 Å². The van der Waals surface area contributed by atoms with E-state index in [-0.39, 0.29) is 18.0 Å². The second-order valence-electron chi connectivity index (χ2n) is 9.72. The Balaban J connectivity index is 1.40. The number of urea groups is 1. The molecule has 1 aliphatic heterocycles. The van der Waals surface area contributed by atoms with Crippen LogP contribution in [0.25, 0.3) is 0 Å². The van der Waals surface area contributed by atoms with Crippen molar-refractivity contribution < 1.29 is 9.59 Å². The highest BCUT2D eigenvalue weighted by Gasteiger charge is 2.29. The molecule has 1 aromatic carbocycles. The van der Waals surface area contributed by atoms with Crippen LogP contribution in [0, 0.1) is 26.7 Å². The number of aromatic nitrogens is 1. The molecule has 1 unspecified atom stereocenters. The van der Waals surface area contributed by atoms with E-state index >= 15 is 0 Å². The van der Waals surface area contributed by atoms with Crippen molar-refractivity contribution in [2.75, 3.05) is 31.5 Å².